The van der Waals surface area contributed by atoms with Crippen LogP contribution in [0.5, 0.6) is 0 Å². The summed E-state index contributed by atoms with van der Waals surface area (Å²) in [6, 6.07) is 10.9. The Balaban J connectivity index is 1.34. The molecule has 210 valence electrons. The Labute approximate surface area is 242 Å². The van der Waals surface area contributed by atoms with Crippen molar-refractivity contribution in [2.24, 2.45) is 5.73 Å². The second kappa shape index (κ2) is 10.8. The Hall–Kier alpha value is -3.87. The molecule has 0 spiro atoms. The summed E-state index contributed by atoms with van der Waals surface area (Å²) in [5, 5.41) is 13.6. The zero-order valence-electron chi connectivity index (χ0n) is 22.3. The van der Waals surface area contributed by atoms with Gasteiger partial charge in [-0.3, -0.25) is 4.79 Å². The topological polar surface area (TPSA) is 111 Å². The van der Waals surface area contributed by atoms with E-state index in [1.807, 2.05) is 23.8 Å². The standard InChI is InChI=1S/C29H26F2N6O2S2/c1-16-15-41-26(34-16)23-12-22(31)14-37(23)27(38)20-10-18(9-19(11-20)25-33-7-8-40-25)24-35-36-28(39-24)29(2,32)13-17-3-5-21(30)6-4-17/h3-11,15,22-23H,12-14,32H2,1-2H3/t22-,23+,29+/m0/s1. The van der Waals surface area contributed by atoms with Crippen molar-refractivity contribution in [3.63, 3.8) is 0 Å². The summed E-state index contributed by atoms with van der Waals surface area (Å²) in [7, 11) is 0. The molecule has 3 atom stereocenters. The van der Waals surface area contributed by atoms with E-state index in [0.717, 1.165) is 16.3 Å². The Kier molecular flexibility index (Phi) is 7.22. The molecule has 0 unspecified atom stereocenters. The first-order chi connectivity index (χ1) is 19.7. The number of carbonyl (C=O) groups excluding carboxylic acids is 1. The lowest BCUT2D eigenvalue weighted by atomic mass is 9.94. The van der Waals surface area contributed by atoms with Gasteiger partial charge in [0.05, 0.1) is 18.1 Å². The van der Waals surface area contributed by atoms with Crippen LogP contribution in [0, 0.1) is 12.7 Å². The van der Waals surface area contributed by atoms with E-state index in [4.69, 9.17) is 10.2 Å². The highest BCUT2D eigenvalue weighted by Gasteiger charge is 2.38. The van der Waals surface area contributed by atoms with Crippen molar-refractivity contribution in [3.8, 4) is 22.0 Å². The highest BCUT2D eigenvalue weighted by Crippen LogP contribution is 2.38. The van der Waals surface area contributed by atoms with Gasteiger partial charge in [-0.05, 0) is 56.2 Å². The van der Waals surface area contributed by atoms with Gasteiger partial charge in [-0.25, -0.2) is 18.7 Å². The molecular weight excluding hydrogens is 566 g/mol. The van der Waals surface area contributed by atoms with Gasteiger partial charge in [0, 0.05) is 45.8 Å². The van der Waals surface area contributed by atoms with E-state index in [9.17, 15) is 13.6 Å². The molecule has 5 aromatic rings. The number of alkyl halides is 1. The molecule has 12 heteroatoms. The van der Waals surface area contributed by atoms with E-state index in [1.54, 1.807) is 42.3 Å². The number of amides is 1. The number of nitrogens with zero attached hydrogens (tertiary/aromatic N) is 5. The molecule has 1 fully saturated rings. The number of hydrogen-bond acceptors (Lipinski definition) is 9. The van der Waals surface area contributed by atoms with Crippen LogP contribution in [-0.4, -0.2) is 43.7 Å². The minimum Gasteiger partial charge on any atom is -0.419 e. The first-order valence-electron chi connectivity index (χ1n) is 13.0. The Morgan fingerprint density at radius 1 is 1.17 bits per heavy atom. The van der Waals surface area contributed by atoms with E-state index in [2.05, 4.69) is 20.2 Å². The Morgan fingerprint density at radius 3 is 2.66 bits per heavy atom. The highest BCUT2D eigenvalue weighted by molar-refractivity contribution is 7.13. The van der Waals surface area contributed by atoms with Crippen molar-refractivity contribution in [1.29, 1.82) is 0 Å². The van der Waals surface area contributed by atoms with Crippen LogP contribution in [0.25, 0.3) is 22.0 Å². The third kappa shape index (κ3) is 5.67. The molecule has 0 bridgehead atoms. The summed E-state index contributed by atoms with van der Waals surface area (Å²) in [5.74, 6) is -0.270. The van der Waals surface area contributed by atoms with Crippen LogP contribution in [0.1, 0.15) is 51.9 Å². The smallest absolute Gasteiger partial charge is 0.254 e. The fraction of sp³-hybridized carbons (Fsp3) is 0.276. The number of carbonyl (C=O) groups is 1. The number of thiazole rings is 2. The molecule has 1 saturated heterocycles. The van der Waals surface area contributed by atoms with Crippen LogP contribution >= 0.6 is 22.7 Å². The summed E-state index contributed by atoms with van der Waals surface area (Å²) in [5.41, 5.74) is 8.73. The average Bonchev–Trinajstić information content (AvgIpc) is 3.76. The third-order valence-electron chi connectivity index (χ3n) is 6.94. The first-order valence-corrected chi connectivity index (χ1v) is 14.7. The van der Waals surface area contributed by atoms with Gasteiger partial charge in [0.25, 0.3) is 5.91 Å². The molecule has 41 heavy (non-hydrogen) atoms. The minimum absolute atomic E-state index is 0.0153. The number of hydrogen-bond donors (Lipinski definition) is 1. The molecule has 1 aliphatic rings. The molecule has 0 saturated carbocycles. The quantitative estimate of drug-likeness (QED) is 0.243. The van der Waals surface area contributed by atoms with Gasteiger partial charge in [-0.1, -0.05) is 12.1 Å². The van der Waals surface area contributed by atoms with Gasteiger partial charge in [0.2, 0.25) is 11.8 Å². The molecule has 3 aromatic heterocycles. The Bertz CT molecular complexity index is 1680. The van der Waals surface area contributed by atoms with E-state index >= 15 is 0 Å². The second-order valence-corrected chi connectivity index (χ2v) is 12.2. The summed E-state index contributed by atoms with van der Waals surface area (Å²) in [6.07, 6.45) is 1.09. The van der Waals surface area contributed by atoms with Gasteiger partial charge in [0.15, 0.2) is 0 Å². The van der Waals surface area contributed by atoms with Gasteiger partial charge in [-0.2, -0.15) is 0 Å². The maximum absolute atomic E-state index is 14.6. The highest BCUT2D eigenvalue weighted by atomic mass is 32.1. The lowest BCUT2D eigenvalue weighted by Gasteiger charge is -2.23. The lowest BCUT2D eigenvalue weighted by molar-refractivity contribution is 0.0728. The molecule has 2 N–H and O–H groups in total. The van der Waals surface area contributed by atoms with E-state index in [1.165, 1.54) is 34.8 Å². The van der Waals surface area contributed by atoms with Crippen molar-refractivity contribution in [3.05, 3.63) is 93.0 Å². The Morgan fingerprint density at radius 2 is 1.95 bits per heavy atom. The molecule has 1 aliphatic heterocycles. The summed E-state index contributed by atoms with van der Waals surface area (Å²) in [6.45, 7) is 3.62. The number of halogens is 2. The normalized spacial score (nSPS) is 18.5. The molecule has 0 radical (unpaired) electrons. The van der Waals surface area contributed by atoms with Crippen LogP contribution in [-0.2, 0) is 12.0 Å². The first kappa shape index (κ1) is 27.3. The summed E-state index contributed by atoms with van der Waals surface area (Å²) >= 11 is 2.86. The zero-order chi connectivity index (χ0) is 28.7. The number of rotatable bonds is 7. The van der Waals surface area contributed by atoms with Crippen LogP contribution in [0.15, 0.2) is 63.8 Å². The molecule has 4 heterocycles. The third-order valence-corrected chi connectivity index (χ3v) is 8.82. The number of aromatic nitrogens is 4. The largest absolute Gasteiger partial charge is 0.419 e. The van der Waals surface area contributed by atoms with Crippen LogP contribution < -0.4 is 5.73 Å². The number of nitrogens with two attached hydrogens (primary N) is 1. The molecular formula is C29H26F2N6O2S2. The fourth-order valence-electron chi connectivity index (χ4n) is 4.97. The van der Waals surface area contributed by atoms with E-state index in [-0.39, 0.29) is 36.5 Å². The summed E-state index contributed by atoms with van der Waals surface area (Å²) < 4.78 is 34.0. The van der Waals surface area contributed by atoms with Crippen LogP contribution in [0.4, 0.5) is 8.78 Å². The van der Waals surface area contributed by atoms with Gasteiger partial charge >= 0.3 is 0 Å². The van der Waals surface area contributed by atoms with Crippen LogP contribution in [0.3, 0.4) is 0 Å². The van der Waals surface area contributed by atoms with E-state index < -0.39 is 17.8 Å². The van der Waals surface area contributed by atoms with Gasteiger partial charge in [-0.15, -0.1) is 32.9 Å². The SMILES string of the molecule is Cc1csc([C@H]2C[C@H](F)CN2C(=O)c2cc(-c3nnc([C@](C)(N)Cc4ccc(F)cc4)o3)cc(-c3nccs3)c2)n1. The van der Waals surface area contributed by atoms with Crippen molar-refractivity contribution >= 4 is 28.6 Å². The van der Waals surface area contributed by atoms with Crippen molar-refractivity contribution in [1.82, 2.24) is 25.1 Å². The fourth-order valence-corrected chi connectivity index (χ4v) is 6.52. The van der Waals surface area contributed by atoms with Crippen molar-refractivity contribution in [2.45, 2.75) is 44.4 Å². The molecule has 8 nitrogen and oxygen atoms in total. The number of aryl methyl sites for hydroxylation is 1. The molecule has 2 aromatic carbocycles. The average molecular weight is 593 g/mol. The van der Waals surface area contributed by atoms with Crippen molar-refractivity contribution < 1.29 is 18.0 Å². The minimum atomic E-state index is -1.14. The maximum atomic E-state index is 14.6. The second-order valence-electron chi connectivity index (χ2n) is 10.4. The predicted octanol–water partition coefficient (Wildman–Crippen LogP) is 6.11. The molecule has 1 amide bonds. The maximum Gasteiger partial charge on any atom is 0.254 e. The van der Waals surface area contributed by atoms with Gasteiger partial charge in [0.1, 0.15) is 22.0 Å². The van der Waals surface area contributed by atoms with E-state index in [0.29, 0.717) is 28.1 Å². The number of likely N-dealkylation sites (tertiary alicyclic amines) is 1. The van der Waals surface area contributed by atoms with Gasteiger partial charge < -0.3 is 15.1 Å². The summed E-state index contributed by atoms with van der Waals surface area (Å²) in [4.78, 5) is 24.4. The lowest BCUT2D eigenvalue weighted by Crippen LogP contribution is -2.35. The molecule has 0 aliphatic carbocycles. The molecule has 6 rings (SSSR count). The predicted molar refractivity (Wildman–Crippen MR) is 153 cm³/mol. The van der Waals surface area contributed by atoms with Crippen LogP contribution in [0.2, 0.25) is 0 Å². The monoisotopic (exact) mass is 592 g/mol. The number of benzene rings is 2. The zero-order valence-corrected chi connectivity index (χ0v) is 23.9. The van der Waals surface area contributed by atoms with Crippen molar-refractivity contribution in [2.75, 3.05) is 6.54 Å².